The standard InChI is InChI=1S/C10H11BrN4O2/c11-8-6-15(10(17)13-9(8)16)4-1-3-14-5-2-12-7-14/h2,5-7H,1,3-4H2,(H,13,16,17). The predicted molar refractivity (Wildman–Crippen MR) is 65.9 cm³/mol. The highest BCUT2D eigenvalue weighted by molar-refractivity contribution is 9.10. The summed E-state index contributed by atoms with van der Waals surface area (Å²) in [6, 6.07) is 0. The van der Waals surface area contributed by atoms with Gasteiger partial charge in [0.2, 0.25) is 0 Å². The van der Waals surface area contributed by atoms with Gasteiger partial charge in [0, 0.05) is 31.7 Å². The first-order valence-electron chi connectivity index (χ1n) is 5.12. The van der Waals surface area contributed by atoms with Gasteiger partial charge in [0.1, 0.15) is 0 Å². The van der Waals surface area contributed by atoms with Gasteiger partial charge in [0.05, 0.1) is 10.8 Å². The molecule has 0 aliphatic rings. The van der Waals surface area contributed by atoms with Crippen LogP contribution in [0.1, 0.15) is 6.42 Å². The number of H-pyrrole nitrogens is 1. The van der Waals surface area contributed by atoms with E-state index in [2.05, 4.69) is 25.9 Å². The van der Waals surface area contributed by atoms with Gasteiger partial charge in [-0.05, 0) is 22.4 Å². The van der Waals surface area contributed by atoms with Crippen LogP contribution in [0, 0.1) is 0 Å². The van der Waals surface area contributed by atoms with Crippen molar-refractivity contribution in [1.29, 1.82) is 0 Å². The van der Waals surface area contributed by atoms with E-state index < -0.39 is 5.56 Å². The lowest BCUT2D eigenvalue weighted by atomic mass is 10.4. The molecule has 0 bridgehead atoms. The molecule has 0 unspecified atom stereocenters. The fourth-order valence-electron chi connectivity index (χ4n) is 1.49. The first-order valence-corrected chi connectivity index (χ1v) is 5.91. The lowest BCUT2D eigenvalue weighted by molar-refractivity contribution is 0.542. The van der Waals surface area contributed by atoms with E-state index in [0.717, 1.165) is 13.0 Å². The van der Waals surface area contributed by atoms with E-state index in [1.807, 2.05) is 10.8 Å². The average Bonchev–Trinajstić information content (AvgIpc) is 2.78. The number of hydrogen-bond donors (Lipinski definition) is 1. The molecule has 0 saturated heterocycles. The molecule has 2 aromatic rings. The Bertz CT molecular complexity index is 600. The van der Waals surface area contributed by atoms with Crippen LogP contribution in [0.5, 0.6) is 0 Å². The normalized spacial score (nSPS) is 10.6. The summed E-state index contributed by atoms with van der Waals surface area (Å²) in [6.45, 7) is 1.33. The van der Waals surface area contributed by atoms with Crippen molar-refractivity contribution in [3.05, 3.63) is 50.2 Å². The third kappa shape index (κ3) is 2.94. The molecule has 2 aromatic heterocycles. The molecule has 90 valence electrons. The van der Waals surface area contributed by atoms with Gasteiger partial charge in [0.15, 0.2) is 0 Å². The minimum atomic E-state index is -0.402. The van der Waals surface area contributed by atoms with Gasteiger partial charge in [-0.25, -0.2) is 9.78 Å². The highest BCUT2D eigenvalue weighted by Gasteiger charge is 2.01. The second kappa shape index (κ2) is 5.13. The monoisotopic (exact) mass is 298 g/mol. The number of nitrogens with zero attached hydrogens (tertiary/aromatic N) is 3. The smallest absolute Gasteiger partial charge is 0.328 e. The number of imidazole rings is 1. The minimum Gasteiger partial charge on any atom is -0.337 e. The summed E-state index contributed by atoms with van der Waals surface area (Å²) in [5.74, 6) is 0. The molecule has 0 fully saturated rings. The summed E-state index contributed by atoms with van der Waals surface area (Å²) < 4.78 is 3.77. The van der Waals surface area contributed by atoms with Crippen LogP contribution in [-0.2, 0) is 13.1 Å². The summed E-state index contributed by atoms with van der Waals surface area (Å²) in [4.78, 5) is 28.7. The first kappa shape index (κ1) is 11.8. The highest BCUT2D eigenvalue weighted by atomic mass is 79.9. The second-order valence-corrected chi connectivity index (χ2v) is 4.44. The van der Waals surface area contributed by atoms with Crippen molar-refractivity contribution in [2.75, 3.05) is 0 Å². The van der Waals surface area contributed by atoms with Crippen LogP contribution in [0.4, 0.5) is 0 Å². The topological polar surface area (TPSA) is 72.7 Å². The van der Waals surface area contributed by atoms with Crippen molar-refractivity contribution in [3.63, 3.8) is 0 Å². The zero-order valence-corrected chi connectivity index (χ0v) is 10.6. The number of rotatable bonds is 4. The Balaban J connectivity index is 2.02. The SMILES string of the molecule is O=c1[nH]c(=O)n(CCCn2ccnc2)cc1Br. The van der Waals surface area contributed by atoms with Crippen molar-refractivity contribution >= 4 is 15.9 Å². The van der Waals surface area contributed by atoms with Crippen LogP contribution < -0.4 is 11.2 Å². The maximum atomic E-state index is 11.5. The molecule has 0 radical (unpaired) electrons. The summed E-state index contributed by atoms with van der Waals surface area (Å²) in [6.07, 6.45) is 7.60. The average molecular weight is 299 g/mol. The quantitative estimate of drug-likeness (QED) is 0.898. The molecule has 2 heterocycles. The summed E-state index contributed by atoms with van der Waals surface area (Å²) >= 11 is 3.09. The number of nitrogens with one attached hydrogen (secondary N) is 1. The zero-order valence-electron chi connectivity index (χ0n) is 8.97. The third-order valence-corrected chi connectivity index (χ3v) is 2.91. The predicted octanol–water partition coefficient (Wildman–Crippen LogP) is 0.586. The maximum Gasteiger partial charge on any atom is 0.328 e. The number of halogens is 1. The Morgan fingerprint density at radius 1 is 1.35 bits per heavy atom. The van der Waals surface area contributed by atoms with Crippen molar-refractivity contribution in [2.45, 2.75) is 19.5 Å². The lowest BCUT2D eigenvalue weighted by Gasteiger charge is -2.05. The molecular formula is C10H11BrN4O2. The van der Waals surface area contributed by atoms with Crippen molar-refractivity contribution < 1.29 is 0 Å². The molecule has 0 saturated carbocycles. The molecule has 7 heteroatoms. The van der Waals surface area contributed by atoms with E-state index in [1.54, 1.807) is 12.5 Å². The Morgan fingerprint density at radius 3 is 2.88 bits per heavy atom. The molecule has 0 atom stereocenters. The molecule has 0 amide bonds. The molecule has 2 rings (SSSR count). The van der Waals surface area contributed by atoms with Crippen LogP contribution in [0.2, 0.25) is 0 Å². The van der Waals surface area contributed by atoms with Gasteiger partial charge in [0.25, 0.3) is 5.56 Å². The first-order chi connectivity index (χ1) is 8.16. The Morgan fingerprint density at radius 2 is 2.18 bits per heavy atom. The van der Waals surface area contributed by atoms with Crippen LogP contribution in [0.25, 0.3) is 0 Å². The number of hydrogen-bond acceptors (Lipinski definition) is 3. The third-order valence-electron chi connectivity index (χ3n) is 2.34. The number of aryl methyl sites for hydroxylation is 2. The molecule has 6 nitrogen and oxygen atoms in total. The fraction of sp³-hybridized carbons (Fsp3) is 0.300. The molecule has 17 heavy (non-hydrogen) atoms. The summed E-state index contributed by atoms with van der Waals surface area (Å²) in [7, 11) is 0. The number of aromatic amines is 1. The lowest BCUT2D eigenvalue weighted by Crippen LogP contribution is -2.30. The second-order valence-electron chi connectivity index (χ2n) is 3.58. The fourth-order valence-corrected chi connectivity index (χ4v) is 1.84. The van der Waals surface area contributed by atoms with Gasteiger partial charge < -0.3 is 4.57 Å². The van der Waals surface area contributed by atoms with Gasteiger partial charge in [-0.3, -0.25) is 14.3 Å². The van der Waals surface area contributed by atoms with E-state index in [0.29, 0.717) is 11.0 Å². The Hall–Kier alpha value is -1.63. The van der Waals surface area contributed by atoms with E-state index in [-0.39, 0.29) is 5.69 Å². The van der Waals surface area contributed by atoms with Crippen LogP contribution >= 0.6 is 15.9 Å². The largest absolute Gasteiger partial charge is 0.337 e. The Labute approximate surface area is 105 Å². The van der Waals surface area contributed by atoms with E-state index in [9.17, 15) is 9.59 Å². The maximum absolute atomic E-state index is 11.5. The van der Waals surface area contributed by atoms with Crippen molar-refractivity contribution in [3.8, 4) is 0 Å². The van der Waals surface area contributed by atoms with Crippen LogP contribution in [0.15, 0.2) is 39.0 Å². The van der Waals surface area contributed by atoms with E-state index >= 15 is 0 Å². The van der Waals surface area contributed by atoms with Gasteiger partial charge >= 0.3 is 5.69 Å². The molecular weight excluding hydrogens is 288 g/mol. The van der Waals surface area contributed by atoms with E-state index in [4.69, 9.17) is 0 Å². The number of aromatic nitrogens is 4. The zero-order chi connectivity index (χ0) is 12.3. The van der Waals surface area contributed by atoms with Crippen molar-refractivity contribution in [1.82, 2.24) is 19.1 Å². The molecule has 0 aliphatic carbocycles. The molecule has 0 spiro atoms. The van der Waals surface area contributed by atoms with Crippen LogP contribution in [-0.4, -0.2) is 19.1 Å². The minimum absolute atomic E-state index is 0.361. The highest BCUT2D eigenvalue weighted by Crippen LogP contribution is 1.99. The van der Waals surface area contributed by atoms with Gasteiger partial charge in [-0.2, -0.15) is 0 Å². The van der Waals surface area contributed by atoms with Crippen molar-refractivity contribution in [2.24, 2.45) is 0 Å². The molecule has 0 aromatic carbocycles. The van der Waals surface area contributed by atoms with Gasteiger partial charge in [-0.15, -0.1) is 0 Å². The Kier molecular flexibility index (Phi) is 3.58. The summed E-state index contributed by atoms with van der Waals surface area (Å²) in [5.41, 5.74) is -0.787. The van der Waals surface area contributed by atoms with E-state index in [1.165, 1.54) is 10.8 Å². The van der Waals surface area contributed by atoms with Crippen LogP contribution in [0.3, 0.4) is 0 Å². The molecule has 0 aliphatic heterocycles. The molecule has 1 N–H and O–H groups in total. The summed E-state index contributed by atoms with van der Waals surface area (Å²) in [5, 5.41) is 0. The van der Waals surface area contributed by atoms with Gasteiger partial charge in [-0.1, -0.05) is 0 Å².